The number of halogens is 3. The second-order valence-electron chi connectivity index (χ2n) is 5.61. The lowest BCUT2D eigenvalue weighted by Gasteiger charge is -2.36. The summed E-state index contributed by atoms with van der Waals surface area (Å²) in [5.74, 6) is 0.800. The zero-order chi connectivity index (χ0) is 14.1. The molecule has 110 valence electrons. The Balaban J connectivity index is 1.93. The number of piperazine rings is 1. The molecule has 1 aromatic rings. The van der Waals surface area contributed by atoms with Gasteiger partial charge in [-0.1, -0.05) is 47.6 Å². The lowest BCUT2D eigenvalue weighted by atomic mass is 9.99. The number of hydrogen-bond acceptors (Lipinski definition) is 3. The summed E-state index contributed by atoms with van der Waals surface area (Å²) in [6.45, 7) is 4.05. The summed E-state index contributed by atoms with van der Waals surface area (Å²) < 4.78 is 0. The highest BCUT2D eigenvalue weighted by Gasteiger charge is 2.33. The highest BCUT2D eigenvalue weighted by Crippen LogP contribution is 2.44. The van der Waals surface area contributed by atoms with Crippen molar-refractivity contribution in [3.8, 4) is 0 Å². The van der Waals surface area contributed by atoms with Crippen molar-refractivity contribution < 1.29 is 0 Å². The average molecular weight is 335 g/mol. The van der Waals surface area contributed by atoms with Crippen LogP contribution in [-0.4, -0.2) is 36.1 Å². The van der Waals surface area contributed by atoms with Gasteiger partial charge in [0.15, 0.2) is 0 Å². The monoisotopic (exact) mass is 333 g/mol. The third-order valence-electron chi connectivity index (χ3n) is 4.15. The van der Waals surface area contributed by atoms with Crippen LogP contribution in [-0.2, 0) is 0 Å². The topological polar surface area (TPSA) is 28.2 Å². The van der Waals surface area contributed by atoms with E-state index in [2.05, 4.69) is 15.2 Å². The number of hydrogen-bond donors (Lipinski definition) is 1. The zero-order valence-electron chi connectivity index (χ0n) is 11.2. The Bertz CT molecular complexity index is 485. The first kappa shape index (κ1) is 14.9. The number of pyridine rings is 1. The molecule has 0 unspecified atom stereocenters. The van der Waals surface area contributed by atoms with E-state index in [1.807, 2.05) is 0 Å². The van der Waals surface area contributed by atoms with E-state index in [1.54, 1.807) is 6.20 Å². The molecular formula is C14H18Cl3N3. The molecule has 0 aromatic carbocycles. The van der Waals surface area contributed by atoms with Gasteiger partial charge in [-0.05, 0) is 12.3 Å². The van der Waals surface area contributed by atoms with Crippen LogP contribution in [0.4, 0.5) is 0 Å². The molecule has 1 aliphatic carbocycles. The summed E-state index contributed by atoms with van der Waals surface area (Å²) in [6, 6.07) is 0.255. The summed E-state index contributed by atoms with van der Waals surface area (Å²) in [5.41, 5.74) is 0.960. The molecule has 0 amide bonds. The molecule has 6 heteroatoms. The third-order valence-corrected chi connectivity index (χ3v) is 5.21. The van der Waals surface area contributed by atoms with Crippen LogP contribution < -0.4 is 5.32 Å². The molecule has 0 radical (unpaired) electrons. The molecule has 1 atom stereocenters. The Morgan fingerprint density at radius 2 is 1.95 bits per heavy atom. The van der Waals surface area contributed by atoms with E-state index < -0.39 is 0 Å². The van der Waals surface area contributed by atoms with Gasteiger partial charge < -0.3 is 5.32 Å². The summed E-state index contributed by atoms with van der Waals surface area (Å²) in [7, 11) is 0. The minimum atomic E-state index is 0.255. The van der Waals surface area contributed by atoms with Gasteiger partial charge in [-0.2, -0.15) is 0 Å². The van der Waals surface area contributed by atoms with Crippen molar-refractivity contribution in [1.82, 2.24) is 15.2 Å². The lowest BCUT2D eigenvalue weighted by molar-refractivity contribution is 0.160. The summed E-state index contributed by atoms with van der Waals surface area (Å²) >= 11 is 18.9. The van der Waals surface area contributed by atoms with Gasteiger partial charge in [0.05, 0.1) is 10.0 Å². The molecule has 1 aromatic heterocycles. The van der Waals surface area contributed by atoms with E-state index in [-0.39, 0.29) is 6.04 Å². The van der Waals surface area contributed by atoms with Gasteiger partial charge in [0.1, 0.15) is 5.15 Å². The van der Waals surface area contributed by atoms with E-state index >= 15 is 0 Å². The van der Waals surface area contributed by atoms with Crippen molar-refractivity contribution in [3.05, 3.63) is 27.0 Å². The van der Waals surface area contributed by atoms with Crippen LogP contribution in [0.25, 0.3) is 0 Å². The summed E-state index contributed by atoms with van der Waals surface area (Å²) in [4.78, 5) is 6.50. The third kappa shape index (κ3) is 3.23. The summed E-state index contributed by atoms with van der Waals surface area (Å²) in [6.07, 6.45) is 5.36. The molecule has 1 saturated heterocycles. The molecule has 1 aliphatic heterocycles. The smallest absolute Gasteiger partial charge is 0.148 e. The number of rotatable bonds is 4. The predicted molar refractivity (Wildman–Crippen MR) is 83.8 cm³/mol. The average Bonchev–Trinajstić information content (AvgIpc) is 3.27. The Labute approximate surface area is 134 Å². The van der Waals surface area contributed by atoms with Crippen molar-refractivity contribution in [2.45, 2.75) is 25.3 Å². The van der Waals surface area contributed by atoms with Gasteiger partial charge >= 0.3 is 0 Å². The quantitative estimate of drug-likeness (QED) is 0.849. The van der Waals surface area contributed by atoms with Crippen LogP contribution in [0.15, 0.2) is 6.20 Å². The van der Waals surface area contributed by atoms with Crippen molar-refractivity contribution in [2.24, 2.45) is 5.92 Å². The van der Waals surface area contributed by atoms with Crippen LogP contribution in [0.5, 0.6) is 0 Å². The number of nitrogens with zero attached hydrogens (tertiary/aromatic N) is 2. The molecule has 2 heterocycles. The first-order chi connectivity index (χ1) is 9.66. The maximum atomic E-state index is 6.40. The zero-order valence-corrected chi connectivity index (χ0v) is 13.5. The predicted octanol–water partition coefficient (Wildman–Crippen LogP) is 3.79. The van der Waals surface area contributed by atoms with Gasteiger partial charge in [-0.3, -0.25) is 4.90 Å². The Morgan fingerprint density at radius 3 is 2.60 bits per heavy atom. The molecule has 1 N–H and O–H groups in total. The van der Waals surface area contributed by atoms with Gasteiger partial charge in [0.25, 0.3) is 0 Å². The van der Waals surface area contributed by atoms with Gasteiger partial charge in [-0.15, -0.1) is 0 Å². The molecule has 2 aliphatic rings. The largest absolute Gasteiger partial charge is 0.314 e. The number of nitrogens with one attached hydrogen (secondary N) is 1. The van der Waals surface area contributed by atoms with Crippen LogP contribution in [0, 0.1) is 5.92 Å². The second kappa shape index (κ2) is 6.37. The van der Waals surface area contributed by atoms with Gasteiger partial charge in [0, 0.05) is 44.0 Å². The molecule has 2 fully saturated rings. The molecular weight excluding hydrogens is 317 g/mol. The van der Waals surface area contributed by atoms with E-state index in [0.29, 0.717) is 15.2 Å². The molecule has 0 spiro atoms. The van der Waals surface area contributed by atoms with Crippen molar-refractivity contribution in [1.29, 1.82) is 0 Å². The van der Waals surface area contributed by atoms with Crippen LogP contribution in [0.1, 0.15) is 30.9 Å². The molecule has 0 bridgehead atoms. The highest BCUT2D eigenvalue weighted by atomic mass is 35.5. The second-order valence-corrected chi connectivity index (χ2v) is 6.75. The van der Waals surface area contributed by atoms with Gasteiger partial charge in [-0.25, -0.2) is 4.98 Å². The van der Waals surface area contributed by atoms with Crippen molar-refractivity contribution in [3.63, 3.8) is 0 Å². The standard InChI is InChI=1S/C14H18Cl3N3/c15-10-8-19-14(17)13(16)12(10)11(7-9-1-2-9)20-5-3-18-4-6-20/h8-9,11,18H,1-7H2/t11-/m1/s1. The van der Waals surface area contributed by atoms with E-state index in [4.69, 9.17) is 34.8 Å². The maximum Gasteiger partial charge on any atom is 0.148 e. The Morgan fingerprint density at radius 1 is 1.25 bits per heavy atom. The molecule has 20 heavy (non-hydrogen) atoms. The van der Waals surface area contributed by atoms with Crippen LogP contribution >= 0.6 is 34.8 Å². The fraction of sp³-hybridized carbons (Fsp3) is 0.643. The summed E-state index contributed by atoms with van der Waals surface area (Å²) in [5, 5.41) is 4.88. The first-order valence-electron chi connectivity index (χ1n) is 7.11. The minimum Gasteiger partial charge on any atom is -0.314 e. The minimum absolute atomic E-state index is 0.255. The van der Waals surface area contributed by atoms with E-state index in [9.17, 15) is 0 Å². The normalized spacial score (nSPS) is 21.9. The van der Waals surface area contributed by atoms with Crippen molar-refractivity contribution >= 4 is 34.8 Å². The first-order valence-corrected chi connectivity index (χ1v) is 8.24. The Hall–Kier alpha value is -0.0600. The SMILES string of the molecule is Clc1cnc(Cl)c(Cl)c1[C@@H](CC1CC1)N1CCNCC1. The van der Waals surface area contributed by atoms with Crippen LogP contribution in [0.2, 0.25) is 15.2 Å². The van der Waals surface area contributed by atoms with Crippen LogP contribution in [0.3, 0.4) is 0 Å². The number of aromatic nitrogens is 1. The maximum absolute atomic E-state index is 6.40. The fourth-order valence-electron chi connectivity index (χ4n) is 2.87. The highest BCUT2D eigenvalue weighted by molar-refractivity contribution is 6.43. The Kier molecular flexibility index (Phi) is 4.73. The molecule has 3 nitrogen and oxygen atoms in total. The van der Waals surface area contributed by atoms with Crippen molar-refractivity contribution in [2.75, 3.05) is 26.2 Å². The molecule has 1 saturated carbocycles. The van der Waals surface area contributed by atoms with E-state index in [1.165, 1.54) is 12.8 Å². The lowest BCUT2D eigenvalue weighted by Crippen LogP contribution is -2.45. The fourth-order valence-corrected chi connectivity index (χ4v) is 3.62. The van der Waals surface area contributed by atoms with Gasteiger partial charge in [0.2, 0.25) is 0 Å². The van der Waals surface area contributed by atoms with E-state index in [0.717, 1.165) is 44.1 Å². The molecule has 3 rings (SSSR count).